The van der Waals surface area contributed by atoms with Crippen LogP contribution in [0.5, 0.6) is 0 Å². The van der Waals surface area contributed by atoms with Crippen molar-refractivity contribution >= 4 is 36.6 Å². The molecule has 2 amide bonds. The fraction of sp³-hybridized carbons (Fsp3) is 0.579. The fourth-order valence-electron chi connectivity index (χ4n) is 3.08. The number of piperazine rings is 1. The molecule has 9 heteroatoms. The van der Waals surface area contributed by atoms with Gasteiger partial charge < -0.3 is 20.7 Å². The van der Waals surface area contributed by atoms with Crippen molar-refractivity contribution in [3.05, 3.63) is 35.9 Å². The summed E-state index contributed by atoms with van der Waals surface area (Å²) < 4.78 is 4.91. The normalized spacial score (nSPS) is 16.3. The Labute approximate surface area is 179 Å². The number of carbonyl (C=O) groups excluding carboxylic acids is 2. The maximum Gasteiger partial charge on any atom is 0.234 e. The second-order valence-corrected chi connectivity index (χ2v) is 6.67. The number of hydrogen-bond donors (Lipinski definition) is 2. The van der Waals surface area contributed by atoms with Crippen LogP contribution in [0.1, 0.15) is 18.5 Å². The average molecular weight is 435 g/mol. The number of methoxy groups -OCH3 is 1. The molecule has 1 aliphatic rings. The highest BCUT2D eigenvalue weighted by Gasteiger charge is 2.29. The van der Waals surface area contributed by atoms with Gasteiger partial charge in [0.15, 0.2) is 0 Å². The smallest absolute Gasteiger partial charge is 0.234 e. The molecular formula is C19H32Cl2N4O3. The van der Waals surface area contributed by atoms with Gasteiger partial charge in [-0.1, -0.05) is 37.3 Å². The summed E-state index contributed by atoms with van der Waals surface area (Å²) in [6, 6.07) is 9.40. The van der Waals surface area contributed by atoms with Crippen LogP contribution in [0.4, 0.5) is 0 Å². The third kappa shape index (κ3) is 7.93. The van der Waals surface area contributed by atoms with Gasteiger partial charge >= 0.3 is 0 Å². The molecule has 2 atom stereocenters. The number of halogens is 2. The summed E-state index contributed by atoms with van der Waals surface area (Å²) in [5.74, 6) is -0.215. The second-order valence-electron chi connectivity index (χ2n) is 6.67. The number of amides is 2. The first-order chi connectivity index (χ1) is 12.5. The minimum absolute atomic E-state index is 0. The molecule has 1 aliphatic heterocycles. The molecule has 28 heavy (non-hydrogen) atoms. The van der Waals surface area contributed by atoms with Crippen molar-refractivity contribution in [2.24, 2.45) is 11.7 Å². The van der Waals surface area contributed by atoms with Gasteiger partial charge in [0.1, 0.15) is 0 Å². The zero-order valence-electron chi connectivity index (χ0n) is 16.5. The van der Waals surface area contributed by atoms with Crippen molar-refractivity contribution < 1.29 is 14.3 Å². The molecule has 1 saturated heterocycles. The Morgan fingerprint density at radius 3 is 2.32 bits per heavy atom. The standard InChI is InChI=1S/C19H30N4O3.2ClH/c1-15(18(20)16-6-4-3-5-7-16)19(25)23-11-9-22(10-12-23)14-17(24)21-8-13-26-2;;/h3-7,15,18H,8-14,20H2,1-2H3,(H,21,24);2*1H. The van der Waals surface area contributed by atoms with Crippen LogP contribution in [0.15, 0.2) is 30.3 Å². The molecule has 2 rings (SSSR count). The number of ether oxygens (including phenoxy) is 1. The lowest BCUT2D eigenvalue weighted by Gasteiger charge is -2.36. The van der Waals surface area contributed by atoms with Gasteiger partial charge in [-0.15, -0.1) is 24.8 Å². The van der Waals surface area contributed by atoms with E-state index in [0.717, 1.165) is 5.56 Å². The summed E-state index contributed by atoms with van der Waals surface area (Å²) in [5, 5.41) is 2.81. The van der Waals surface area contributed by atoms with E-state index in [1.807, 2.05) is 42.2 Å². The Morgan fingerprint density at radius 1 is 1.14 bits per heavy atom. The first-order valence-electron chi connectivity index (χ1n) is 9.10. The molecule has 1 aromatic rings. The van der Waals surface area contributed by atoms with Crippen LogP contribution in [-0.4, -0.2) is 74.6 Å². The zero-order valence-corrected chi connectivity index (χ0v) is 18.1. The summed E-state index contributed by atoms with van der Waals surface area (Å²) in [7, 11) is 1.60. The zero-order chi connectivity index (χ0) is 18.9. The first kappa shape index (κ1) is 26.6. The number of rotatable bonds is 8. The second kappa shape index (κ2) is 13.7. The molecule has 160 valence electrons. The lowest BCUT2D eigenvalue weighted by molar-refractivity contribution is -0.137. The van der Waals surface area contributed by atoms with Gasteiger partial charge in [-0.25, -0.2) is 0 Å². The Balaban J connectivity index is 0.00000364. The number of nitrogens with zero attached hydrogens (tertiary/aromatic N) is 2. The third-order valence-corrected chi connectivity index (χ3v) is 4.79. The van der Waals surface area contributed by atoms with Crippen LogP contribution in [0.3, 0.4) is 0 Å². The van der Waals surface area contributed by atoms with Gasteiger partial charge in [-0.05, 0) is 5.56 Å². The van der Waals surface area contributed by atoms with Crippen LogP contribution >= 0.6 is 24.8 Å². The van der Waals surface area contributed by atoms with E-state index in [1.165, 1.54) is 0 Å². The molecule has 7 nitrogen and oxygen atoms in total. The average Bonchev–Trinajstić information content (AvgIpc) is 2.67. The largest absolute Gasteiger partial charge is 0.383 e. The summed E-state index contributed by atoms with van der Waals surface area (Å²) in [5.41, 5.74) is 7.25. The van der Waals surface area contributed by atoms with Crippen molar-refractivity contribution in [1.29, 1.82) is 0 Å². The van der Waals surface area contributed by atoms with Gasteiger partial charge in [0.25, 0.3) is 0 Å². The Morgan fingerprint density at radius 2 is 1.75 bits per heavy atom. The maximum atomic E-state index is 12.8. The van der Waals surface area contributed by atoms with Crippen LogP contribution in [0.2, 0.25) is 0 Å². The number of benzene rings is 1. The fourth-order valence-corrected chi connectivity index (χ4v) is 3.08. The summed E-state index contributed by atoms with van der Waals surface area (Å²) in [4.78, 5) is 28.5. The minimum atomic E-state index is -0.312. The van der Waals surface area contributed by atoms with Crippen molar-refractivity contribution in [2.75, 3.05) is 53.0 Å². The molecule has 1 aromatic carbocycles. The van der Waals surface area contributed by atoms with Gasteiger partial charge in [0.2, 0.25) is 11.8 Å². The molecule has 0 aliphatic carbocycles. The highest BCUT2D eigenvalue weighted by molar-refractivity contribution is 5.85. The molecule has 3 N–H and O–H groups in total. The van der Waals surface area contributed by atoms with Gasteiger partial charge in [0, 0.05) is 45.9 Å². The van der Waals surface area contributed by atoms with Gasteiger partial charge in [0.05, 0.1) is 19.1 Å². The molecule has 1 fully saturated rings. The molecule has 0 bridgehead atoms. The van der Waals surface area contributed by atoms with E-state index in [9.17, 15) is 9.59 Å². The summed E-state index contributed by atoms with van der Waals surface area (Å²) >= 11 is 0. The highest BCUT2D eigenvalue weighted by Crippen LogP contribution is 2.21. The van der Waals surface area contributed by atoms with Crippen LogP contribution < -0.4 is 11.1 Å². The molecule has 0 aromatic heterocycles. The third-order valence-electron chi connectivity index (χ3n) is 4.79. The van der Waals surface area contributed by atoms with E-state index in [1.54, 1.807) is 7.11 Å². The number of hydrogen-bond acceptors (Lipinski definition) is 5. The molecule has 0 spiro atoms. The van der Waals surface area contributed by atoms with Crippen molar-refractivity contribution in [3.8, 4) is 0 Å². The molecule has 0 radical (unpaired) electrons. The van der Waals surface area contributed by atoms with E-state index in [2.05, 4.69) is 10.2 Å². The maximum absolute atomic E-state index is 12.8. The van der Waals surface area contributed by atoms with Crippen molar-refractivity contribution in [3.63, 3.8) is 0 Å². The summed E-state index contributed by atoms with van der Waals surface area (Å²) in [6.45, 7) is 5.89. The van der Waals surface area contributed by atoms with Gasteiger partial charge in [-0.2, -0.15) is 0 Å². The van der Waals surface area contributed by atoms with Crippen molar-refractivity contribution in [2.45, 2.75) is 13.0 Å². The monoisotopic (exact) mass is 434 g/mol. The Hall–Kier alpha value is -1.38. The van der Waals surface area contributed by atoms with Crippen LogP contribution in [-0.2, 0) is 14.3 Å². The van der Waals surface area contributed by atoms with Gasteiger partial charge in [-0.3, -0.25) is 14.5 Å². The molecular weight excluding hydrogens is 403 g/mol. The molecule has 1 heterocycles. The van der Waals surface area contributed by atoms with E-state index in [4.69, 9.17) is 10.5 Å². The quantitative estimate of drug-likeness (QED) is 0.597. The highest BCUT2D eigenvalue weighted by atomic mass is 35.5. The van der Waals surface area contributed by atoms with E-state index >= 15 is 0 Å². The van der Waals surface area contributed by atoms with E-state index < -0.39 is 0 Å². The SMILES string of the molecule is COCCNC(=O)CN1CCN(C(=O)C(C)C(N)c2ccccc2)CC1.Cl.Cl. The van der Waals surface area contributed by atoms with E-state index in [0.29, 0.717) is 45.9 Å². The lowest BCUT2D eigenvalue weighted by atomic mass is 9.94. The van der Waals surface area contributed by atoms with E-state index in [-0.39, 0.29) is 48.6 Å². The van der Waals surface area contributed by atoms with Crippen molar-refractivity contribution in [1.82, 2.24) is 15.1 Å². The molecule has 0 saturated carbocycles. The number of nitrogens with two attached hydrogens (primary N) is 1. The summed E-state index contributed by atoms with van der Waals surface area (Å²) in [6.07, 6.45) is 0. The Bertz CT molecular complexity index is 584. The topological polar surface area (TPSA) is 87.9 Å². The van der Waals surface area contributed by atoms with Crippen LogP contribution in [0.25, 0.3) is 0 Å². The predicted molar refractivity (Wildman–Crippen MR) is 115 cm³/mol. The Kier molecular flexibility index (Phi) is 13.1. The number of carbonyl (C=O) groups is 2. The predicted octanol–water partition coefficient (Wildman–Crippen LogP) is 1.07. The first-order valence-corrected chi connectivity index (χ1v) is 9.10. The van der Waals surface area contributed by atoms with Crippen LogP contribution in [0, 0.1) is 5.92 Å². The molecule has 2 unspecified atom stereocenters. The minimum Gasteiger partial charge on any atom is -0.383 e. The number of nitrogens with one attached hydrogen (secondary N) is 1. The lowest BCUT2D eigenvalue weighted by Crippen LogP contribution is -2.53.